The molecule has 2 rings (SSSR count). The Morgan fingerprint density at radius 1 is 1.52 bits per heavy atom. The van der Waals surface area contributed by atoms with Crippen LogP contribution in [0.5, 0.6) is 0 Å². The van der Waals surface area contributed by atoms with Crippen molar-refractivity contribution in [3.63, 3.8) is 0 Å². The Morgan fingerprint density at radius 3 is 2.96 bits per heavy atom. The number of aromatic nitrogens is 1. The van der Waals surface area contributed by atoms with Gasteiger partial charge in [0.2, 0.25) is 5.91 Å². The number of likely N-dealkylation sites (tertiary alicyclic amines) is 1. The van der Waals surface area contributed by atoms with E-state index in [0.717, 1.165) is 37.9 Å². The second-order valence-corrected chi connectivity index (χ2v) is 5.89. The van der Waals surface area contributed by atoms with E-state index in [2.05, 4.69) is 17.2 Å². The Kier molecular flexibility index (Phi) is 6.38. The fourth-order valence-corrected chi connectivity index (χ4v) is 2.98. The van der Waals surface area contributed by atoms with Gasteiger partial charge in [-0.15, -0.1) is 0 Å². The summed E-state index contributed by atoms with van der Waals surface area (Å²) in [6.07, 6.45) is 6.77. The maximum Gasteiger partial charge on any atom is 0.317 e. The molecule has 1 N–H and O–H groups in total. The van der Waals surface area contributed by atoms with E-state index in [1.165, 1.54) is 0 Å². The summed E-state index contributed by atoms with van der Waals surface area (Å²) in [5.74, 6) is 0.232. The van der Waals surface area contributed by atoms with Crippen molar-refractivity contribution in [3.8, 4) is 0 Å². The van der Waals surface area contributed by atoms with Gasteiger partial charge in [0.1, 0.15) is 0 Å². The number of carbonyl (C=O) groups excluding carboxylic acids is 2. The van der Waals surface area contributed by atoms with E-state index in [0.29, 0.717) is 13.0 Å². The van der Waals surface area contributed by atoms with E-state index in [1.54, 1.807) is 24.3 Å². The molecule has 0 aliphatic carbocycles. The molecule has 23 heavy (non-hydrogen) atoms. The fourth-order valence-electron chi connectivity index (χ4n) is 2.98. The zero-order valence-electron chi connectivity index (χ0n) is 14.0. The minimum Gasteiger partial charge on any atom is -0.343 e. The molecule has 1 atom stereocenters. The van der Waals surface area contributed by atoms with E-state index in [1.807, 2.05) is 17.0 Å². The van der Waals surface area contributed by atoms with Crippen molar-refractivity contribution in [2.75, 3.05) is 26.7 Å². The first-order valence-corrected chi connectivity index (χ1v) is 8.31. The summed E-state index contributed by atoms with van der Waals surface area (Å²) in [6.45, 7) is 4.21. The molecule has 1 aliphatic rings. The number of amides is 3. The molecule has 3 amide bonds. The third-order valence-electron chi connectivity index (χ3n) is 4.30. The van der Waals surface area contributed by atoms with Crippen LogP contribution in [0.15, 0.2) is 24.5 Å². The second-order valence-electron chi connectivity index (χ2n) is 5.89. The molecule has 1 aliphatic heterocycles. The predicted molar refractivity (Wildman–Crippen MR) is 88.9 cm³/mol. The average molecular weight is 318 g/mol. The lowest BCUT2D eigenvalue weighted by Gasteiger charge is -2.27. The first kappa shape index (κ1) is 17.2. The van der Waals surface area contributed by atoms with Crippen LogP contribution >= 0.6 is 0 Å². The van der Waals surface area contributed by atoms with Gasteiger partial charge in [-0.2, -0.15) is 0 Å². The summed E-state index contributed by atoms with van der Waals surface area (Å²) >= 11 is 0. The number of nitrogens with one attached hydrogen (secondary N) is 1. The van der Waals surface area contributed by atoms with Gasteiger partial charge in [-0.3, -0.25) is 9.78 Å². The monoisotopic (exact) mass is 318 g/mol. The van der Waals surface area contributed by atoms with Crippen LogP contribution in [0.3, 0.4) is 0 Å². The highest BCUT2D eigenvalue weighted by Crippen LogP contribution is 2.21. The number of pyridine rings is 1. The van der Waals surface area contributed by atoms with Gasteiger partial charge in [0, 0.05) is 45.5 Å². The van der Waals surface area contributed by atoms with Crippen molar-refractivity contribution < 1.29 is 9.59 Å². The highest BCUT2D eigenvalue weighted by molar-refractivity contribution is 5.78. The molecular formula is C17H26N4O2. The highest BCUT2D eigenvalue weighted by Gasteiger charge is 2.21. The lowest BCUT2D eigenvalue weighted by atomic mass is 10.1. The van der Waals surface area contributed by atoms with Crippen molar-refractivity contribution in [2.24, 2.45) is 0 Å². The quantitative estimate of drug-likeness (QED) is 0.784. The average Bonchev–Trinajstić information content (AvgIpc) is 2.98. The third kappa shape index (κ3) is 4.68. The van der Waals surface area contributed by atoms with Gasteiger partial charge in [-0.1, -0.05) is 13.0 Å². The van der Waals surface area contributed by atoms with Crippen molar-refractivity contribution >= 4 is 11.9 Å². The van der Waals surface area contributed by atoms with Crippen LogP contribution in [0.4, 0.5) is 4.79 Å². The van der Waals surface area contributed by atoms with Crippen molar-refractivity contribution in [2.45, 2.75) is 38.6 Å². The molecule has 6 nitrogen and oxygen atoms in total. The molecule has 0 radical (unpaired) electrons. The minimum atomic E-state index is -0.0894. The molecule has 1 aromatic heterocycles. The Bertz CT molecular complexity index is 521. The van der Waals surface area contributed by atoms with Gasteiger partial charge < -0.3 is 15.1 Å². The van der Waals surface area contributed by atoms with Crippen molar-refractivity contribution in [3.05, 3.63) is 30.1 Å². The fraction of sp³-hybridized carbons (Fsp3) is 0.588. The molecule has 126 valence electrons. The summed E-state index contributed by atoms with van der Waals surface area (Å²) in [6, 6.07) is 3.80. The van der Waals surface area contributed by atoms with Gasteiger partial charge in [0.25, 0.3) is 0 Å². The van der Waals surface area contributed by atoms with Crippen LogP contribution in [0, 0.1) is 0 Å². The smallest absolute Gasteiger partial charge is 0.317 e. The van der Waals surface area contributed by atoms with Gasteiger partial charge >= 0.3 is 6.03 Å². The zero-order valence-corrected chi connectivity index (χ0v) is 14.0. The van der Waals surface area contributed by atoms with Crippen molar-refractivity contribution in [1.29, 1.82) is 0 Å². The molecule has 0 aromatic carbocycles. The summed E-state index contributed by atoms with van der Waals surface area (Å²) in [5.41, 5.74) is 1.04. The Balaban J connectivity index is 1.76. The maximum absolute atomic E-state index is 12.3. The highest BCUT2D eigenvalue weighted by atomic mass is 16.2. The van der Waals surface area contributed by atoms with Crippen LogP contribution < -0.4 is 5.32 Å². The van der Waals surface area contributed by atoms with Gasteiger partial charge in [-0.25, -0.2) is 4.79 Å². The van der Waals surface area contributed by atoms with Crippen LogP contribution in [0.25, 0.3) is 0 Å². The number of hydrogen-bond donors (Lipinski definition) is 1. The molecule has 0 saturated carbocycles. The number of hydrogen-bond acceptors (Lipinski definition) is 3. The lowest BCUT2D eigenvalue weighted by Crippen LogP contribution is -2.40. The molecule has 2 heterocycles. The summed E-state index contributed by atoms with van der Waals surface area (Å²) in [5, 5.41) is 2.93. The van der Waals surface area contributed by atoms with E-state index >= 15 is 0 Å². The molecule has 0 spiro atoms. The van der Waals surface area contributed by atoms with Crippen LogP contribution in [0.1, 0.15) is 44.2 Å². The predicted octanol–water partition coefficient (Wildman–Crippen LogP) is 2.19. The second kappa shape index (κ2) is 8.50. The Hall–Kier alpha value is -2.11. The summed E-state index contributed by atoms with van der Waals surface area (Å²) in [7, 11) is 1.81. The van der Waals surface area contributed by atoms with E-state index in [9.17, 15) is 9.59 Å². The van der Waals surface area contributed by atoms with Crippen LogP contribution in [0.2, 0.25) is 0 Å². The molecule has 1 saturated heterocycles. The van der Waals surface area contributed by atoms with Crippen LogP contribution in [-0.2, 0) is 4.79 Å². The Morgan fingerprint density at radius 2 is 2.35 bits per heavy atom. The lowest BCUT2D eigenvalue weighted by molar-refractivity contribution is -0.127. The SMILES string of the molecule is CCC(c1cccnc1)N(C)C(=O)NCCCN1CCCC1=O. The molecule has 0 bridgehead atoms. The molecule has 6 heteroatoms. The largest absolute Gasteiger partial charge is 0.343 e. The summed E-state index contributed by atoms with van der Waals surface area (Å²) < 4.78 is 0. The van der Waals surface area contributed by atoms with E-state index in [4.69, 9.17) is 0 Å². The minimum absolute atomic E-state index is 0.0175. The first-order chi connectivity index (χ1) is 11.1. The molecule has 1 unspecified atom stereocenters. The van der Waals surface area contributed by atoms with Gasteiger partial charge in [0.05, 0.1) is 6.04 Å². The van der Waals surface area contributed by atoms with Crippen LogP contribution in [-0.4, -0.2) is 53.4 Å². The molecule has 1 fully saturated rings. The zero-order chi connectivity index (χ0) is 16.7. The summed E-state index contributed by atoms with van der Waals surface area (Å²) in [4.78, 5) is 31.5. The molecule has 1 aromatic rings. The molecular weight excluding hydrogens is 292 g/mol. The van der Waals surface area contributed by atoms with E-state index in [-0.39, 0.29) is 18.0 Å². The number of carbonyl (C=O) groups is 2. The van der Waals surface area contributed by atoms with Gasteiger partial charge in [0.15, 0.2) is 0 Å². The maximum atomic E-state index is 12.3. The topological polar surface area (TPSA) is 65.5 Å². The van der Waals surface area contributed by atoms with Gasteiger partial charge in [-0.05, 0) is 30.9 Å². The number of nitrogens with zero attached hydrogens (tertiary/aromatic N) is 3. The van der Waals surface area contributed by atoms with Crippen molar-refractivity contribution in [1.82, 2.24) is 20.1 Å². The standard InChI is InChI=1S/C17H26N4O2/c1-3-15(14-7-4-9-18-13-14)20(2)17(23)19-10-6-12-21-11-5-8-16(21)22/h4,7,9,13,15H,3,5-6,8,10-12H2,1-2H3,(H,19,23). The number of urea groups is 1. The number of rotatable bonds is 7. The first-order valence-electron chi connectivity index (χ1n) is 8.31. The normalized spacial score (nSPS) is 15.6. The van der Waals surface area contributed by atoms with E-state index < -0.39 is 0 Å². The third-order valence-corrected chi connectivity index (χ3v) is 4.30. The Labute approximate surface area is 137 Å².